The molecule has 7 heteroatoms. The van der Waals surface area contributed by atoms with E-state index in [2.05, 4.69) is 34.8 Å². The molecule has 0 bridgehead atoms. The third-order valence-corrected chi connectivity index (χ3v) is 4.38. The van der Waals surface area contributed by atoms with E-state index in [1.54, 1.807) is 11.3 Å². The van der Waals surface area contributed by atoms with Crippen LogP contribution in [0.2, 0.25) is 0 Å². The summed E-state index contributed by atoms with van der Waals surface area (Å²) < 4.78 is 0. The van der Waals surface area contributed by atoms with Gasteiger partial charge in [-0.1, -0.05) is 13.8 Å². The third kappa shape index (κ3) is 8.00. The fourth-order valence-corrected chi connectivity index (χ4v) is 2.68. The van der Waals surface area contributed by atoms with Crippen LogP contribution >= 0.6 is 36.2 Å². The molecule has 0 aliphatic heterocycles. The number of nitrogens with zero attached hydrogens (tertiary/aromatic N) is 1. The topological polar surface area (TPSA) is 54.0 Å². The molecule has 1 aromatic rings. The smallest absolute Gasteiger partial charge is 0.233 e. The van der Waals surface area contributed by atoms with Gasteiger partial charge in [0.15, 0.2) is 0 Å². The summed E-state index contributed by atoms with van der Waals surface area (Å²) in [6.45, 7) is 6.39. The maximum Gasteiger partial charge on any atom is 0.233 e. The monoisotopic (exact) mass is 353 g/mol. The number of nitrogens with one attached hydrogen (secondary N) is 2. The number of thiazole rings is 1. The first-order valence-corrected chi connectivity index (χ1v) is 7.95. The second-order valence-corrected chi connectivity index (χ2v) is 6.40. The molecule has 2 N–H and O–H groups in total. The Balaban J connectivity index is 0.00000200. The van der Waals surface area contributed by atoms with E-state index >= 15 is 0 Å². The molecule has 1 heterocycles. The maximum absolute atomic E-state index is 11.6. The zero-order chi connectivity index (χ0) is 13.7. The lowest BCUT2D eigenvalue weighted by Gasteiger charge is -2.05. The molecule has 0 spiro atoms. The lowest BCUT2D eigenvalue weighted by atomic mass is 10.2. The highest BCUT2D eigenvalue weighted by atomic mass is 35.5. The van der Waals surface area contributed by atoms with E-state index in [4.69, 9.17) is 0 Å². The van der Waals surface area contributed by atoms with Crippen molar-refractivity contribution in [3.8, 4) is 0 Å². The summed E-state index contributed by atoms with van der Waals surface area (Å²) in [5, 5.41) is 9.38. The number of amides is 1. The fraction of sp³-hybridized carbons (Fsp3) is 0.714. The molecule has 0 radical (unpaired) electrons. The maximum atomic E-state index is 11.6. The lowest BCUT2D eigenvalue weighted by molar-refractivity contribution is -0.120. The van der Waals surface area contributed by atoms with Crippen molar-refractivity contribution in [1.82, 2.24) is 15.6 Å². The van der Waals surface area contributed by atoms with Crippen molar-refractivity contribution in [3.63, 3.8) is 0 Å². The van der Waals surface area contributed by atoms with E-state index in [-0.39, 0.29) is 30.7 Å². The van der Waals surface area contributed by atoms with Gasteiger partial charge in [-0.2, -0.15) is 0 Å². The summed E-state index contributed by atoms with van der Waals surface area (Å²) in [6.07, 6.45) is 3.45. The highest BCUT2D eigenvalue weighted by Crippen LogP contribution is 2.27. The van der Waals surface area contributed by atoms with E-state index in [1.165, 1.54) is 17.8 Å². The summed E-state index contributed by atoms with van der Waals surface area (Å²) in [6, 6.07) is 0. The summed E-state index contributed by atoms with van der Waals surface area (Å²) in [7, 11) is 0. The number of rotatable bonds is 8. The van der Waals surface area contributed by atoms with Crippen LogP contribution in [0, 0.1) is 5.92 Å². The number of carbonyl (C=O) groups excluding carboxylic acids is 1. The zero-order valence-corrected chi connectivity index (χ0v) is 15.0. The largest absolute Gasteiger partial charge is 0.355 e. The van der Waals surface area contributed by atoms with Crippen molar-refractivity contribution in [2.45, 2.75) is 39.0 Å². The van der Waals surface area contributed by atoms with E-state index in [9.17, 15) is 4.79 Å². The number of halogens is 2. The van der Waals surface area contributed by atoms with Crippen LogP contribution in [-0.4, -0.2) is 30.5 Å². The molecule has 1 amide bonds. The minimum atomic E-state index is 0. The molecule has 0 saturated heterocycles. The second-order valence-electron chi connectivity index (χ2n) is 5.51. The first kappa shape index (κ1) is 20.6. The van der Waals surface area contributed by atoms with Gasteiger partial charge in [-0.3, -0.25) is 4.79 Å². The molecule has 1 aromatic heterocycles. The highest BCUT2D eigenvalue weighted by molar-refractivity contribution is 7.09. The predicted octanol–water partition coefficient (Wildman–Crippen LogP) is 2.77. The molecule has 0 aromatic carbocycles. The van der Waals surface area contributed by atoms with E-state index in [0.29, 0.717) is 19.0 Å². The highest BCUT2D eigenvalue weighted by Gasteiger charge is 2.20. The van der Waals surface area contributed by atoms with Crippen molar-refractivity contribution in [2.75, 3.05) is 19.6 Å². The van der Waals surface area contributed by atoms with Gasteiger partial charge in [-0.05, 0) is 25.3 Å². The summed E-state index contributed by atoms with van der Waals surface area (Å²) in [5.74, 6) is 1.39. The van der Waals surface area contributed by atoms with Crippen LogP contribution in [0.4, 0.5) is 0 Å². The van der Waals surface area contributed by atoms with Crippen LogP contribution in [-0.2, 0) is 11.2 Å². The molecular formula is C14H25Cl2N3OS. The fourth-order valence-electron chi connectivity index (χ4n) is 1.81. The minimum Gasteiger partial charge on any atom is -0.355 e. The lowest BCUT2D eigenvalue weighted by Crippen LogP contribution is -2.35. The van der Waals surface area contributed by atoms with Gasteiger partial charge < -0.3 is 10.6 Å². The van der Waals surface area contributed by atoms with Crippen LogP contribution in [0.3, 0.4) is 0 Å². The SMILES string of the molecule is CC(C)c1nc(CCNC(=O)CNCC2CC2)cs1.Cl.Cl. The first-order valence-electron chi connectivity index (χ1n) is 7.07. The molecule has 1 saturated carbocycles. The quantitative estimate of drug-likeness (QED) is 0.755. The molecule has 0 unspecified atom stereocenters. The molecule has 0 atom stereocenters. The van der Waals surface area contributed by atoms with Gasteiger partial charge in [0.05, 0.1) is 17.2 Å². The van der Waals surface area contributed by atoms with Gasteiger partial charge in [0.2, 0.25) is 5.91 Å². The summed E-state index contributed by atoms with van der Waals surface area (Å²) >= 11 is 1.70. The Labute approximate surface area is 143 Å². The van der Waals surface area contributed by atoms with Crippen LogP contribution in [0.25, 0.3) is 0 Å². The Morgan fingerprint density at radius 3 is 2.71 bits per heavy atom. The summed E-state index contributed by atoms with van der Waals surface area (Å²) in [5.41, 5.74) is 1.08. The number of carbonyl (C=O) groups is 1. The van der Waals surface area contributed by atoms with Gasteiger partial charge >= 0.3 is 0 Å². The first-order chi connectivity index (χ1) is 9.15. The number of hydrogen-bond donors (Lipinski definition) is 2. The molecule has 2 rings (SSSR count). The van der Waals surface area contributed by atoms with Gasteiger partial charge in [0.25, 0.3) is 0 Å². The molecule has 122 valence electrons. The predicted molar refractivity (Wildman–Crippen MR) is 93.0 cm³/mol. The Kier molecular flexibility index (Phi) is 10.2. The molecular weight excluding hydrogens is 329 g/mol. The van der Waals surface area contributed by atoms with E-state index < -0.39 is 0 Å². The van der Waals surface area contributed by atoms with Crippen molar-refractivity contribution in [2.24, 2.45) is 5.92 Å². The van der Waals surface area contributed by atoms with Crippen molar-refractivity contribution >= 4 is 42.1 Å². The van der Waals surface area contributed by atoms with Gasteiger partial charge in [0.1, 0.15) is 0 Å². The number of hydrogen-bond acceptors (Lipinski definition) is 4. The van der Waals surface area contributed by atoms with Gasteiger partial charge in [-0.15, -0.1) is 36.2 Å². The van der Waals surface area contributed by atoms with Crippen molar-refractivity contribution < 1.29 is 4.79 Å². The average molecular weight is 354 g/mol. The van der Waals surface area contributed by atoms with Crippen LogP contribution in [0.15, 0.2) is 5.38 Å². The van der Waals surface area contributed by atoms with Crippen molar-refractivity contribution in [3.05, 3.63) is 16.1 Å². The van der Waals surface area contributed by atoms with Crippen LogP contribution < -0.4 is 10.6 Å². The zero-order valence-electron chi connectivity index (χ0n) is 12.6. The molecule has 21 heavy (non-hydrogen) atoms. The average Bonchev–Trinajstić information content (AvgIpc) is 3.05. The normalized spacial score (nSPS) is 13.5. The van der Waals surface area contributed by atoms with E-state index in [1.807, 2.05) is 0 Å². The van der Waals surface area contributed by atoms with Crippen LogP contribution in [0.1, 0.15) is 43.3 Å². The van der Waals surface area contributed by atoms with Gasteiger partial charge in [-0.25, -0.2) is 4.98 Å². The molecule has 1 aliphatic rings. The summed E-state index contributed by atoms with van der Waals surface area (Å²) in [4.78, 5) is 16.1. The standard InChI is InChI=1S/C14H23N3OS.2ClH/c1-10(2)14-17-12(9-19-14)5-6-16-13(18)8-15-7-11-3-4-11;;/h9-11,15H,3-8H2,1-2H3,(H,16,18);2*1H. The Morgan fingerprint density at radius 2 is 2.14 bits per heavy atom. The minimum absolute atomic E-state index is 0. The molecule has 4 nitrogen and oxygen atoms in total. The van der Waals surface area contributed by atoms with E-state index in [0.717, 1.165) is 24.6 Å². The molecule has 1 fully saturated rings. The number of aromatic nitrogens is 1. The Morgan fingerprint density at radius 1 is 1.43 bits per heavy atom. The van der Waals surface area contributed by atoms with Crippen molar-refractivity contribution in [1.29, 1.82) is 0 Å². The van der Waals surface area contributed by atoms with Crippen LogP contribution in [0.5, 0.6) is 0 Å². The molecule has 1 aliphatic carbocycles. The Bertz CT molecular complexity index is 422. The third-order valence-electron chi connectivity index (χ3n) is 3.18. The Hall–Kier alpha value is -0.360. The van der Waals surface area contributed by atoms with Gasteiger partial charge in [0, 0.05) is 24.3 Å². The second kappa shape index (κ2) is 10.4.